The zero-order chi connectivity index (χ0) is 16.9. The molecule has 1 aliphatic rings. The first-order valence-electron chi connectivity index (χ1n) is 7.47. The first-order valence-corrected chi connectivity index (χ1v) is 9.32. The lowest BCUT2D eigenvalue weighted by Gasteiger charge is -2.23. The van der Waals surface area contributed by atoms with Gasteiger partial charge in [0, 0.05) is 26.2 Å². The molecule has 1 unspecified atom stereocenters. The second kappa shape index (κ2) is 7.85. The molecule has 6 nitrogen and oxygen atoms in total. The quantitative estimate of drug-likeness (QED) is 0.801. The maximum absolute atomic E-state index is 13.5. The van der Waals surface area contributed by atoms with Gasteiger partial charge in [0.05, 0.1) is 17.9 Å². The number of halogens is 1. The van der Waals surface area contributed by atoms with Gasteiger partial charge in [-0.1, -0.05) is 12.1 Å². The van der Waals surface area contributed by atoms with E-state index in [1.54, 1.807) is 6.07 Å². The minimum atomic E-state index is -3.40. The molecule has 1 aromatic rings. The lowest BCUT2D eigenvalue weighted by Crippen LogP contribution is -2.41. The fourth-order valence-corrected chi connectivity index (χ4v) is 3.30. The van der Waals surface area contributed by atoms with Gasteiger partial charge in [-0.3, -0.25) is 4.79 Å². The van der Waals surface area contributed by atoms with E-state index in [2.05, 4.69) is 5.32 Å². The zero-order valence-corrected chi connectivity index (χ0v) is 13.8. The number of rotatable bonds is 7. The van der Waals surface area contributed by atoms with Crippen molar-refractivity contribution in [1.82, 2.24) is 9.62 Å². The Balaban J connectivity index is 1.88. The number of benzene rings is 1. The van der Waals surface area contributed by atoms with Gasteiger partial charge in [-0.2, -0.15) is 4.31 Å². The number of amides is 1. The first-order chi connectivity index (χ1) is 10.9. The zero-order valence-electron chi connectivity index (χ0n) is 13.0. The third-order valence-electron chi connectivity index (χ3n) is 3.67. The molecule has 2 rings (SSSR count). The Labute approximate surface area is 135 Å². The maximum atomic E-state index is 13.5. The second-order valence-corrected chi connectivity index (χ2v) is 7.47. The van der Waals surface area contributed by atoms with Crippen LogP contribution in [0.1, 0.15) is 23.2 Å². The Bertz CT molecular complexity index is 645. The van der Waals surface area contributed by atoms with Crippen LogP contribution in [0.15, 0.2) is 24.3 Å². The molecule has 1 atom stereocenters. The highest BCUT2D eigenvalue weighted by molar-refractivity contribution is 7.88. The molecular formula is C15H21FN2O4S. The highest BCUT2D eigenvalue weighted by atomic mass is 32.2. The summed E-state index contributed by atoms with van der Waals surface area (Å²) in [4.78, 5) is 11.9. The van der Waals surface area contributed by atoms with E-state index in [4.69, 9.17) is 4.74 Å². The summed E-state index contributed by atoms with van der Waals surface area (Å²) in [7, 11) is -3.40. The van der Waals surface area contributed by atoms with Crippen LogP contribution in [0.25, 0.3) is 0 Å². The number of ether oxygens (including phenoxy) is 1. The molecule has 1 aromatic carbocycles. The molecule has 1 aliphatic heterocycles. The molecule has 8 heteroatoms. The van der Waals surface area contributed by atoms with E-state index in [-0.39, 0.29) is 31.3 Å². The Kier molecular flexibility index (Phi) is 6.09. The Morgan fingerprint density at radius 2 is 2.17 bits per heavy atom. The largest absolute Gasteiger partial charge is 0.377 e. The van der Waals surface area contributed by atoms with Gasteiger partial charge in [-0.15, -0.1) is 0 Å². The van der Waals surface area contributed by atoms with Gasteiger partial charge in [0.2, 0.25) is 10.0 Å². The summed E-state index contributed by atoms with van der Waals surface area (Å²) in [5, 5.41) is 2.54. The lowest BCUT2D eigenvalue weighted by molar-refractivity contribution is 0.0909. The van der Waals surface area contributed by atoms with Crippen LogP contribution in [0.2, 0.25) is 0 Å². The van der Waals surface area contributed by atoms with Crippen LogP contribution in [0, 0.1) is 5.82 Å². The average molecular weight is 344 g/mol. The summed E-state index contributed by atoms with van der Waals surface area (Å²) in [5.74, 6) is -1.17. The van der Waals surface area contributed by atoms with Crippen molar-refractivity contribution >= 4 is 15.9 Å². The van der Waals surface area contributed by atoms with Gasteiger partial charge in [0.15, 0.2) is 0 Å². The second-order valence-electron chi connectivity index (χ2n) is 5.49. The van der Waals surface area contributed by atoms with Crippen molar-refractivity contribution in [2.24, 2.45) is 0 Å². The summed E-state index contributed by atoms with van der Waals surface area (Å²) in [6.07, 6.45) is 2.77. The Morgan fingerprint density at radius 3 is 2.78 bits per heavy atom. The summed E-state index contributed by atoms with van der Waals surface area (Å²) in [5.41, 5.74) is -0.0578. The average Bonchev–Trinajstić information content (AvgIpc) is 2.98. The minimum Gasteiger partial charge on any atom is -0.377 e. The number of carbonyl (C=O) groups is 1. The fraction of sp³-hybridized carbons (Fsp3) is 0.533. The molecule has 0 radical (unpaired) electrons. The van der Waals surface area contributed by atoms with E-state index in [0.29, 0.717) is 6.61 Å². The minimum absolute atomic E-state index is 0.0578. The molecule has 128 valence electrons. The van der Waals surface area contributed by atoms with Crippen molar-refractivity contribution in [1.29, 1.82) is 0 Å². The van der Waals surface area contributed by atoms with Gasteiger partial charge in [-0.05, 0) is 25.0 Å². The molecule has 1 saturated heterocycles. The molecular weight excluding hydrogens is 323 g/mol. The van der Waals surface area contributed by atoms with E-state index < -0.39 is 21.7 Å². The first kappa shape index (κ1) is 17.8. The number of carbonyl (C=O) groups excluding carboxylic acids is 1. The van der Waals surface area contributed by atoms with E-state index in [9.17, 15) is 17.6 Å². The maximum Gasteiger partial charge on any atom is 0.254 e. The third-order valence-corrected chi connectivity index (χ3v) is 4.94. The summed E-state index contributed by atoms with van der Waals surface area (Å²) < 4.78 is 43.9. The van der Waals surface area contributed by atoms with Gasteiger partial charge in [-0.25, -0.2) is 12.8 Å². The van der Waals surface area contributed by atoms with Gasteiger partial charge >= 0.3 is 0 Å². The molecule has 1 fully saturated rings. The van der Waals surface area contributed by atoms with Crippen molar-refractivity contribution in [2.75, 3.05) is 32.5 Å². The Hall–Kier alpha value is -1.51. The summed E-state index contributed by atoms with van der Waals surface area (Å²) in [6.45, 7) is 1.15. The summed E-state index contributed by atoms with van der Waals surface area (Å²) >= 11 is 0. The number of nitrogens with one attached hydrogen (secondary N) is 1. The van der Waals surface area contributed by atoms with Crippen LogP contribution in [-0.4, -0.2) is 57.2 Å². The smallest absolute Gasteiger partial charge is 0.254 e. The van der Waals surface area contributed by atoms with Crippen molar-refractivity contribution in [3.05, 3.63) is 35.6 Å². The summed E-state index contributed by atoms with van der Waals surface area (Å²) in [6, 6.07) is 5.65. The fourth-order valence-electron chi connectivity index (χ4n) is 2.44. The van der Waals surface area contributed by atoms with Crippen LogP contribution in [0.4, 0.5) is 4.39 Å². The highest BCUT2D eigenvalue weighted by Gasteiger charge is 2.24. The van der Waals surface area contributed by atoms with Crippen molar-refractivity contribution in [3.8, 4) is 0 Å². The lowest BCUT2D eigenvalue weighted by atomic mass is 10.2. The topological polar surface area (TPSA) is 75.7 Å². The molecule has 0 aliphatic carbocycles. The van der Waals surface area contributed by atoms with Crippen LogP contribution in [0.3, 0.4) is 0 Å². The Morgan fingerprint density at radius 1 is 1.43 bits per heavy atom. The number of nitrogens with zero attached hydrogens (tertiary/aromatic N) is 1. The van der Waals surface area contributed by atoms with Gasteiger partial charge in [0.1, 0.15) is 5.82 Å². The van der Waals surface area contributed by atoms with Crippen LogP contribution < -0.4 is 5.32 Å². The van der Waals surface area contributed by atoms with E-state index in [1.165, 1.54) is 22.5 Å². The van der Waals surface area contributed by atoms with E-state index in [0.717, 1.165) is 19.1 Å². The molecule has 1 heterocycles. The molecule has 0 bridgehead atoms. The van der Waals surface area contributed by atoms with Crippen LogP contribution in [0.5, 0.6) is 0 Å². The molecule has 0 spiro atoms. The van der Waals surface area contributed by atoms with Crippen molar-refractivity contribution in [2.45, 2.75) is 18.9 Å². The third kappa shape index (κ3) is 5.26. The van der Waals surface area contributed by atoms with Crippen LogP contribution >= 0.6 is 0 Å². The SMILES string of the molecule is CS(=O)(=O)N(CCNC(=O)c1ccccc1F)CC1CCCO1. The number of hydrogen-bond acceptors (Lipinski definition) is 4. The normalized spacial score (nSPS) is 18.3. The van der Waals surface area contributed by atoms with E-state index in [1.807, 2.05) is 0 Å². The molecule has 23 heavy (non-hydrogen) atoms. The van der Waals surface area contributed by atoms with Crippen molar-refractivity contribution in [3.63, 3.8) is 0 Å². The van der Waals surface area contributed by atoms with E-state index >= 15 is 0 Å². The van der Waals surface area contributed by atoms with Gasteiger partial charge < -0.3 is 10.1 Å². The van der Waals surface area contributed by atoms with Gasteiger partial charge in [0.25, 0.3) is 5.91 Å². The molecule has 0 aromatic heterocycles. The van der Waals surface area contributed by atoms with Crippen molar-refractivity contribution < 1.29 is 22.3 Å². The number of sulfonamides is 1. The number of hydrogen-bond donors (Lipinski definition) is 1. The predicted octanol–water partition coefficient (Wildman–Crippen LogP) is 0.996. The standard InChI is InChI=1S/C15H21FN2O4S/c1-23(20,21)18(11-12-5-4-10-22-12)9-8-17-15(19)13-6-2-3-7-14(13)16/h2-3,6-7,12H,4-5,8-11H2,1H3,(H,17,19). The molecule has 0 saturated carbocycles. The van der Waals surface area contributed by atoms with Crippen LogP contribution in [-0.2, 0) is 14.8 Å². The molecule has 1 amide bonds. The predicted molar refractivity (Wildman–Crippen MR) is 84.1 cm³/mol. The molecule has 1 N–H and O–H groups in total. The monoisotopic (exact) mass is 344 g/mol. The highest BCUT2D eigenvalue weighted by Crippen LogP contribution is 2.14.